The van der Waals surface area contributed by atoms with E-state index >= 15 is 0 Å². The van der Waals surface area contributed by atoms with E-state index in [4.69, 9.17) is 0 Å². The predicted octanol–water partition coefficient (Wildman–Crippen LogP) is 1.51. The van der Waals surface area contributed by atoms with E-state index in [0.717, 1.165) is 19.5 Å². The van der Waals surface area contributed by atoms with Crippen molar-refractivity contribution in [1.82, 2.24) is 10.3 Å². The quantitative estimate of drug-likeness (QED) is 0.756. The Morgan fingerprint density at radius 2 is 2.50 bits per heavy atom. The summed E-state index contributed by atoms with van der Waals surface area (Å²) in [5.74, 6) is 0.742. The lowest BCUT2D eigenvalue weighted by Gasteiger charge is -2.22. The number of aromatic nitrogens is 1. The first-order valence-electron chi connectivity index (χ1n) is 6.40. The number of hydrogen-bond acceptors (Lipinski definition) is 4. The van der Waals surface area contributed by atoms with Crippen molar-refractivity contribution in [3.63, 3.8) is 0 Å². The molecule has 3 N–H and O–H groups in total. The number of hydrogen-bond donors (Lipinski definition) is 3. The Balaban J connectivity index is 1.76. The van der Waals surface area contributed by atoms with Crippen LogP contribution in [0, 0.1) is 5.92 Å². The second-order valence-electron chi connectivity index (χ2n) is 4.67. The zero-order valence-electron chi connectivity index (χ0n) is 10.4. The van der Waals surface area contributed by atoms with Crippen molar-refractivity contribution >= 4 is 11.7 Å². The van der Waals surface area contributed by atoms with Gasteiger partial charge in [0.2, 0.25) is 5.91 Å². The second-order valence-corrected chi connectivity index (χ2v) is 4.67. The Kier molecular flexibility index (Phi) is 4.52. The van der Waals surface area contributed by atoms with Gasteiger partial charge in [-0.25, -0.2) is 4.98 Å². The maximum absolute atomic E-state index is 11.7. The molecule has 0 bridgehead atoms. The molecule has 0 spiro atoms. The van der Waals surface area contributed by atoms with Crippen LogP contribution in [0.1, 0.15) is 25.7 Å². The first kappa shape index (κ1) is 12.8. The molecule has 18 heavy (non-hydrogen) atoms. The Labute approximate surface area is 107 Å². The minimum absolute atomic E-state index is 0.00480. The van der Waals surface area contributed by atoms with Crippen LogP contribution in [0.5, 0.6) is 5.75 Å². The Hall–Kier alpha value is -1.62. The van der Waals surface area contributed by atoms with Crippen molar-refractivity contribution in [3.05, 3.63) is 18.3 Å². The van der Waals surface area contributed by atoms with Crippen molar-refractivity contribution in [3.8, 4) is 5.75 Å². The normalized spacial score (nSPS) is 19.4. The van der Waals surface area contributed by atoms with Crippen molar-refractivity contribution < 1.29 is 9.90 Å². The number of rotatable bonds is 4. The lowest BCUT2D eigenvalue weighted by Crippen LogP contribution is -2.30. The van der Waals surface area contributed by atoms with E-state index < -0.39 is 0 Å². The van der Waals surface area contributed by atoms with Gasteiger partial charge in [-0.2, -0.15) is 0 Å². The smallest absolute Gasteiger partial charge is 0.225 e. The van der Waals surface area contributed by atoms with E-state index in [9.17, 15) is 9.90 Å². The van der Waals surface area contributed by atoms with Gasteiger partial charge in [0.25, 0.3) is 0 Å². The van der Waals surface area contributed by atoms with Crippen molar-refractivity contribution in [2.24, 2.45) is 5.92 Å². The Morgan fingerprint density at radius 3 is 3.22 bits per heavy atom. The second kappa shape index (κ2) is 6.35. The lowest BCUT2D eigenvalue weighted by atomic mass is 9.94. The van der Waals surface area contributed by atoms with Crippen LogP contribution in [0.25, 0.3) is 0 Å². The molecule has 0 radical (unpaired) electrons. The molecular weight excluding hydrogens is 230 g/mol. The highest BCUT2D eigenvalue weighted by molar-refractivity contribution is 5.90. The minimum atomic E-state index is -0.0884. The summed E-state index contributed by atoms with van der Waals surface area (Å²) < 4.78 is 0. The van der Waals surface area contributed by atoms with Crippen LogP contribution in [0.15, 0.2) is 18.3 Å². The molecule has 1 aromatic heterocycles. The van der Waals surface area contributed by atoms with Crippen molar-refractivity contribution in [2.45, 2.75) is 25.7 Å². The van der Waals surface area contributed by atoms with Gasteiger partial charge >= 0.3 is 0 Å². The zero-order chi connectivity index (χ0) is 12.8. The van der Waals surface area contributed by atoms with Gasteiger partial charge in [-0.1, -0.05) is 0 Å². The number of anilines is 1. The van der Waals surface area contributed by atoms with Crippen LogP contribution >= 0.6 is 0 Å². The predicted molar refractivity (Wildman–Crippen MR) is 69.4 cm³/mol. The molecule has 1 aliphatic heterocycles. The third-order valence-corrected chi connectivity index (χ3v) is 3.22. The molecule has 1 unspecified atom stereocenters. The molecule has 1 aromatic rings. The molecule has 1 atom stereocenters. The number of nitrogens with one attached hydrogen (secondary N) is 2. The van der Waals surface area contributed by atoms with Gasteiger partial charge < -0.3 is 15.7 Å². The molecule has 1 saturated heterocycles. The molecule has 5 nitrogen and oxygen atoms in total. The fourth-order valence-corrected chi connectivity index (χ4v) is 2.19. The van der Waals surface area contributed by atoms with Crippen LogP contribution in [-0.2, 0) is 4.79 Å². The molecule has 0 saturated carbocycles. The molecule has 1 amide bonds. The number of pyridine rings is 1. The number of carbonyl (C=O) groups excluding carboxylic acids is 1. The highest BCUT2D eigenvalue weighted by Crippen LogP contribution is 2.20. The average molecular weight is 249 g/mol. The van der Waals surface area contributed by atoms with E-state index in [1.807, 2.05) is 0 Å². The summed E-state index contributed by atoms with van der Waals surface area (Å²) in [7, 11) is 0. The molecule has 1 aliphatic rings. The molecule has 2 heterocycles. The largest absolute Gasteiger partial charge is 0.504 e. The summed E-state index contributed by atoms with van der Waals surface area (Å²) in [6, 6.07) is 3.13. The summed E-state index contributed by atoms with van der Waals surface area (Å²) in [6.45, 7) is 2.09. The molecule has 98 valence electrons. The fraction of sp³-hybridized carbons (Fsp3) is 0.538. The number of aromatic hydroxyl groups is 1. The van der Waals surface area contributed by atoms with Crippen LogP contribution in [0.3, 0.4) is 0 Å². The van der Waals surface area contributed by atoms with Crippen molar-refractivity contribution in [1.29, 1.82) is 0 Å². The van der Waals surface area contributed by atoms with Gasteiger partial charge in [0.05, 0.1) is 0 Å². The highest BCUT2D eigenvalue weighted by Gasteiger charge is 2.15. The maximum Gasteiger partial charge on any atom is 0.225 e. The summed E-state index contributed by atoms with van der Waals surface area (Å²) in [4.78, 5) is 15.6. The Bertz CT molecular complexity index is 403. The minimum Gasteiger partial charge on any atom is -0.504 e. The fourth-order valence-electron chi connectivity index (χ4n) is 2.19. The molecular formula is C13H19N3O2. The highest BCUT2D eigenvalue weighted by atomic mass is 16.3. The average Bonchev–Trinajstić information content (AvgIpc) is 2.40. The summed E-state index contributed by atoms with van der Waals surface area (Å²) >= 11 is 0. The van der Waals surface area contributed by atoms with Gasteiger partial charge in [0.1, 0.15) is 0 Å². The summed E-state index contributed by atoms with van der Waals surface area (Å²) in [5.41, 5.74) is 0. The first-order chi connectivity index (χ1) is 8.75. The van der Waals surface area contributed by atoms with E-state index in [2.05, 4.69) is 15.6 Å². The van der Waals surface area contributed by atoms with Crippen LogP contribution in [-0.4, -0.2) is 29.1 Å². The van der Waals surface area contributed by atoms with E-state index in [0.29, 0.717) is 12.3 Å². The first-order valence-corrected chi connectivity index (χ1v) is 6.40. The van der Waals surface area contributed by atoms with E-state index in [1.165, 1.54) is 18.9 Å². The Morgan fingerprint density at radius 1 is 1.61 bits per heavy atom. The standard InChI is InChI=1S/C13H19N3O2/c17-11-4-2-8-15-13(11)16-12(18)6-5-10-3-1-7-14-9-10/h2,4,8,10,14,17H,1,3,5-7,9H2,(H,15,16,18). The number of piperidine rings is 1. The maximum atomic E-state index is 11.7. The van der Waals surface area contributed by atoms with Crippen LogP contribution in [0.2, 0.25) is 0 Å². The number of carbonyl (C=O) groups is 1. The van der Waals surface area contributed by atoms with Crippen LogP contribution in [0.4, 0.5) is 5.82 Å². The van der Waals surface area contributed by atoms with Gasteiger partial charge in [-0.3, -0.25) is 4.79 Å². The van der Waals surface area contributed by atoms with Crippen molar-refractivity contribution in [2.75, 3.05) is 18.4 Å². The summed E-state index contributed by atoms with van der Waals surface area (Å²) in [6.07, 6.45) is 5.28. The summed E-state index contributed by atoms with van der Waals surface area (Å²) in [5, 5.41) is 15.5. The SMILES string of the molecule is O=C(CCC1CCCNC1)Nc1ncccc1O. The van der Waals surface area contributed by atoms with Gasteiger partial charge in [0.15, 0.2) is 11.6 Å². The van der Waals surface area contributed by atoms with Gasteiger partial charge in [-0.15, -0.1) is 0 Å². The molecule has 5 heteroatoms. The molecule has 0 aliphatic carbocycles. The molecule has 0 aromatic carbocycles. The topological polar surface area (TPSA) is 74.2 Å². The zero-order valence-corrected chi connectivity index (χ0v) is 10.4. The van der Waals surface area contributed by atoms with Crippen LogP contribution < -0.4 is 10.6 Å². The molecule has 2 rings (SSSR count). The monoisotopic (exact) mass is 249 g/mol. The van der Waals surface area contributed by atoms with E-state index in [1.54, 1.807) is 12.3 Å². The van der Waals surface area contributed by atoms with E-state index in [-0.39, 0.29) is 17.5 Å². The molecule has 1 fully saturated rings. The van der Waals surface area contributed by atoms with Gasteiger partial charge in [-0.05, 0) is 50.4 Å². The lowest BCUT2D eigenvalue weighted by molar-refractivity contribution is -0.116. The third kappa shape index (κ3) is 3.70. The van der Waals surface area contributed by atoms with Gasteiger partial charge in [0, 0.05) is 12.6 Å². The number of nitrogens with zero attached hydrogens (tertiary/aromatic N) is 1. The number of amides is 1. The third-order valence-electron chi connectivity index (χ3n) is 3.22.